The monoisotopic (exact) mass is 193 g/mol. The predicted molar refractivity (Wildman–Crippen MR) is 42.8 cm³/mol. The van der Waals surface area contributed by atoms with Crippen molar-refractivity contribution in [2.24, 2.45) is 0 Å². The summed E-state index contributed by atoms with van der Waals surface area (Å²) in [6.07, 6.45) is 2.40. The van der Waals surface area contributed by atoms with E-state index < -0.39 is 5.24 Å². The van der Waals surface area contributed by atoms with Gasteiger partial charge in [0.25, 0.3) is 5.24 Å². The maximum atomic E-state index is 10.5. The third-order valence-corrected chi connectivity index (χ3v) is 1.22. The van der Waals surface area contributed by atoms with Crippen molar-refractivity contribution < 1.29 is 9.52 Å². The molecule has 0 bridgehead atoms. The summed E-state index contributed by atoms with van der Waals surface area (Å²) in [7, 11) is 0. The lowest BCUT2D eigenvalue weighted by molar-refractivity contribution is -0.605. The average molecular weight is 194 g/mol. The molecule has 1 heterocycles. The fourth-order valence-electron chi connectivity index (χ4n) is 0.571. The van der Waals surface area contributed by atoms with E-state index in [1.165, 1.54) is 18.3 Å². The van der Waals surface area contributed by atoms with E-state index in [9.17, 15) is 10.0 Å². The molecule has 0 aliphatic heterocycles. The molecular formula is C6H5Cl2NO2. The molecule has 0 atom stereocenters. The molecule has 0 aliphatic rings. The predicted octanol–water partition coefficient (Wildman–Crippen LogP) is 1.12. The Kier molecular flexibility index (Phi) is 3.85. The van der Waals surface area contributed by atoms with Gasteiger partial charge in [-0.3, -0.25) is 4.79 Å². The molecule has 3 nitrogen and oxygen atoms in total. The third kappa shape index (κ3) is 2.74. The van der Waals surface area contributed by atoms with E-state index in [-0.39, 0.29) is 18.0 Å². The Labute approximate surface area is 74.6 Å². The molecule has 0 radical (unpaired) electrons. The van der Waals surface area contributed by atoms with Crippen LogP contribution in [-0.4, -0.2) is 5.24 Å². The summed E-state index contributed by atoms with van der Waals surface area (Å²) in [4.78, 5) is 10.4. The van der Waals surface area contributed by atoms with E-state index in [0.717, 1.165) is 6.20 Å². The summed E-state index contributed by atoms with van der Waals surface area (Å²) >= 11 is 5.08. The van der Waals surface area contributed by atoms with Gasteiger partial charge in [-0.2, -0.15) is 4.73 Å². The van der Waals surface area contributed by atoms with Gasteiger partial charge >= 0.3 is 0 Å². The maximum absolute atomic E-state index is 10.5. The number of nitrogens with zero attached hydrogens (tertiary/aromatic N) is 1. The first-order valence-corrected chi connectivity index (χ1v) is 2.96. The van der Waals surface area contributed by atoms with Crippen molar-refractivity contribution >= 4 is 29.3 Å². The molecule has 0 unspecified atom stereocenters. The summed E-state index contributed by atoms with van der Waals surface area (Å²) in [5.74, 6) is 0. The molecule has 0 aromatic carbocycles. The second-order valence-corrected chi connectivity index (χ2v) is 2.07. The van der Waals surface area contributed by atoms with Gasteiger partial charge in [-0.05, 0) is 17.7 Å². The van der Waals surface area contributed by atoms with E-state index >= 15 is 0 Å². The Morgan fingerprint density at radius 1 is 1.64 bits per heavy atom. The molecule has 11 heavy (non-hydrogen) atoms. The van der Waals surface area contributed by atoms with Crippen molar-refractivity contribution in [3.8, 4) is 0 Å². The Bertz CT molecular complexity index is 265. The van der Waals surface area contributed by atoms with Crippen LogP contribution in [0.3, 0.4) is 0 Å². The highest BCUT2D eigenvalue weighted by Gasteiger charge is 2.02. The summed E-state index contributed by atoms with van der Waals surface area (Å²) in [6.45, 7) is 0. The first-order chi connectivity index (χ1) is 4.70. The second kappa shape index (κ2) is 4.16. The Hall–Kier alpha value is -0.800. The van der Waals surface area contributed by atoms with Crippen molar-refractivity contribution in [3.05, 3.63) is 35.3 Å². The summed E-state index contributed by atoms with van der Waals surface area (Å²) < 4.78 is 0.523. The first-order valence-electron chi connectivity index (χ1n) is 2.59. The quantitative estimate of drug-likeness (QED) is 0.382. The van der Waals surface area contributed by atoms with Crippen LogP contribution in [0.25, 0.3) is 0 Å². The Morgan fingerprint density at radius 3 is 2.64 bits per heavy atom. The van der Waals surface area contributed by atoms with Crippen molar-refractivity contribution in [2.75, 3.05) is 0 Å². The molecule has 1 aromatic rings. The van der Waals surface area contributed by atoms with Crippen LogP contribution in [0, 0.1) is 5.21 Å². The van der Waals surface area contributed by atoms with E-state index in [2.05, 4.69) is 0 Å². The molecule has 0 saturated heterocycles. The van der Waals surface area contributed by atoms with Crippen molar-refractivity contribution in [3.63, 3.8) is 0 Å². The molecule has 0 spiro atoms. The Balaban J connectivity index is 0.000001000. The minimum absolute atomic E-state index is 0. The molecule has 5 heteroatoms. The van der Waals surface area contributed by atoms with Gasteiger partial charge in [0.05, 0.1) is 5.56 Å². The number of hydrogen-bond donors (Lipinski definition) is 0. The summed E-state index contributed by atoms with van der Waals surface area (Å²) in [5.41, 5.74) is 0.208. The molecule has 60 valence electrons. The lowest BCUT2D eigenvalue weighted by Crippen LogP contribution is -2.25. The number of pyridine rings is 1. The molecule has 0 N–H and O–H groups in total. The highest BCUT2D eigenvalue weighted by atomic mass is 35.5. The van der Waals surface area contributed by atoms with Crippen LogP contribution in [-0.2, 0) is 0 Å². The number of carbonyl (C=O) groups is 1. The van der Waals surface area contributed by atoms with E-state index in [0.29, 0.717) is 4.73 Å². The molecule has 0 fully saturated rings. The number of carbonyl (C=O) groups excluding carboxylic acids is 1. The first kappa shape index (κ1) is 10.2. The van der Waals surface area contributed by atoms with Gasteiger partial charge in [0.1, 0.15) is 0 Å². The normalized spacial score (nSPS) is 8.45. The van der Waals surface area contributed by atoms with Crippen LogP contribution >= 0.6 is 24.0 Å². The molecule has 1 rings (SSSR count). The molecule has 0 amide bonds. The lowest BCUT2D eigenvalue weighted by Gasteiger charge is -1.94. The van der Waals surface area contributed by atoms with Gasteiger partial charge < -0.3 is 5.21 Å². The topological polar surface area (TPSA) is 44.0 Å². The van der Waals surface area contributed by atoms with Gasteiger partial charge in [0, 0.05) is 6.07 Å². The van der Waals surface area contributed by atoms with Gasteiger partial charge in [0.2, 0.25) is 0 Å². The van der Waals surface area contributed by atoms with E-state index in [4.69, 9.17) is 11.6 Å². The SMILES string of the molecule is Cl.O=C(Cl)c1ccc[n+]([O-])c1. The standard InChI is InChI=1S/C6H4ClNO2.ClH/c7-6(9)5-2-1-3-8(10)4-5;/h1-4H;1H. The van der Waals surface area contributed by atoms with Crippen molar-refractivity contribution in [2.45, 2.75) is 0 Å². The van der Waals surface area contributed by atoms with Crippen LogP contribution in [0.15, 0.2) is 24.5 Å². The van der Waals surface area contributed by atoms with Crippen LogP contribution in [0.5, 0.6) is 0 Å². The zero-order chi connectivity index (χ0) is 7.56. The van der Waals surface area contributed by atoms with Crippen LogP contribution in [0.2, 0.25) is 0 Å². The summed E-state index contributed by atoms with van der Waals surface area (Å²) in [6, 6.07) is 2.94. The van der Waals surface area contributed by atoms with Crippen LogP contribution in [0.4, 0.5) is 0 Å². The van der Waals surface area contributed by atoms with Crippen molar-refractivity contribution in [1.82, 2.24) is 0 Å². The maximum Gasteiger partial charge on any atom is 0.258 e. The summed E-state index contributed by atoms with van der Waals surface area (Å²) in [5, 5.41) is 9.88. The number of rotatable bonds is 1. The third-order valence-electron chi connectivity index (χ3n) is 1.00. The molecule has 0 saturated carbocycles. The van der Waals surface area contributed by atoms with Gasteiger partial charge in [-0.25, -0.2) is 0 Å². The minimum Gasteiger partial charge on any atom is -0.619 e. The second-order valence-electron chi connectivity index (χ2n) is 1.73. The Morgan fingerprint density at radius 2 is 2.27 bits per heavy atom. The number of aromatic nitrogens is 1. The van der Waals surface area contributed by atoms with Gasteiger partial charge in [-0.15, -0.1) is 12.4 Å². The number of halogens is 2. The average Bonchev–Trinajstić information content (AvgIpc) is 1.88. The van der Waals surface area contributed by atoms with Gasteiger partial charge in [-0.1, -0.05) is 0 Å². The zero-order valence-corrected chi connectivity index (χ0v) is 6.93. The largest absolute Gasteiger partial charge is 0.619 e. The molecule has 1 aromatic heterocycles. The highest BCUT2D eigenvalue weighted by Crippen LogP contribution is 1.98. The van der Waals surface area contributed by atoms with Crippen LogP contribution < -0.4 is 4.73 Å². The fourth-order valence-corrected chi connectivity index (χ4v) is 0.683. The van der Waals surface area contributed by atoms with E-state index in [1.54, 1.807) is 0 Å². The fraction of sp³-hybridized carbons (Fsp3) is 0. The van der Waals surface area contributed by atoms with Crippen molar-refractivity contribution in [1.29, 1.82) is 0 Å². The molecular weight excluding hydrogens is 189 g/mol. The number of hydrogen-bond acceptors (Lipinski definition) is 2. The highest BCUT2D eigenvalue weighted by molar-refractivity contribution is 6.67. The zero-order valence-electron chi connectivity index (χ0n) is 5.36. The minimum atomic E-state index is -0.620. The molecule has 0 aliphatic carbocycles. The lowest BCUT2D eigenvalue weighted by atomic mass is 10.3. The van der Waals surface area contributed by atoms with E-state index in [1.807, 2.05) is 0 Å². The van der Waals surface area contributed by atoms with Gasteiger partial charge in [0.15, 0.2) is 12.4 Å². The smallest absolute Gasteiger partial charge is 0.258 e. The van der Waals surface area contributed by atoms with Crippen LogP contribution in [0.1, 0.15) is 10.4 Å².